The van der Waals surface area contributed by atoms with Crippen molar-refractivity contribution in [3.63, 3.8) is 0 Å². The van der Waals surface area contributed by atoms with Gasteiger partial charge in [0.15, 0.2) is 11.6 Å². The largest absolute Gasteiger partial charge is 0.490 e. The third-order valence-corrected chi connectivity index (χ3v) is 8.30. The van der Waals surface area contributed by atoms with E-state index in [1.54, 1.807) is 12.1 Å². The minimum atomic E-state index is -0.823. The van der Waals surface area contributed by atoms with E-state index in [4.69, 9.17) is 4.74 Å². The molecular weight excluding hydrogens is 438 g/mol. The van der Waals surface area contributed by atoms with Crippen LogP contribution in [0.3, 0.4) is 0 Å². The van der Waals surface area contributed by atoms with Crippen molar-refractivity contribution in [2.45, 2.75) is 96.3 Å². The fourth-order valence-corrected chi connectivity index (χ4v) is 6.05. The molecule has 35 heavy (non-hydrogen) atoms. The lowest BCUT2D eigenvalue weighted by atomic mass is 9.76. The quantitative estimate of drug-likeness (QED) is 0.325. The Morgan fingerprint density at radius 2 is 1.51 bits per heavy atom. The Hall–Kier alpha value is -2.16. The topological polar surface area (TPSA) is 9.23 Å². The highest BCUT2D eigenvalue weighted by Crippen LogP contribution is 2.40. The highest BCUT2D eigenvalue weighted by Gasteiger charge is 2.26. The molecule has 2 aliphatic carbocycles. The summed E-state index contributed by atoms with van der Waals surface area (Å²) in [5, 5.41) is 0. The second kappa shape index (κ2) is 12.7. The predicted molar refractivity (Wildman–Crippen MR) is 141 cm³/mol. The summed E-state index contributed by atoms with van der Waals surface area (Å²) in [4.78, 5) is 0. The first-order valence-corrected chi connectivity index (χ1v) is 13.9. The monoisotopic (exact) mass is 480 g/mol. The van der Waals surface area contributed by atoms with Gasteiger partial charge in [-0.1, -0.05) is 55.0 Å². The summed E-state index contributed by atoms with van der Waals surface area (Å²) >= 11 is 0. The molecule has 3 heteroatoms. The molecule has 0 radical (unpaired) electrons. The van der Waals surface area contributed by atoms with E-state index in [1.807, 2.05) is 6.92 Å². The summed E-state index contributed by atoms with van der Waals surface area (Å²) in [5.41, 5.74) is 3.38. The number of benzene rings is 2. The number of halogens is 2. The maximum Gasteiger partial charge on any atom is 0.200 e. The zero-order chi connectivity index (χ0) is 24.6. The molecule has 2 aromatic rings. The molecule has 0 unspecified atom stereocenters. The van der Waals surface area contributed by atoms with E-state index in [0.29, 0.717) is 18.1 Å². The third kappa shape index (κ3) is 6.96. The van der Waals surface area contributed by atoms with Gasteiger partial charge in [0, 0.05) is 0 Å². The van der Waals surface area contributed by atoms with Crippen LogP contribution in [0.5, 0.6) is 5.75 Å². The van der Waals surface area contributed by atoms with Crippen molar-refractivity contribution in [2.24, 2.45) is 11.8 Å². The number of allylic oxidation sites excluding steroid dienone is 2. The zero-order valence-corrected chi connectivity index (χ0v) is 21.6. The molecule has 0 aromatic heterocycles. The summed E-state index contributed by atoms with van der Waals surface area (Å²) in [6.07, 6.45) is 17.3. The van der Waals surface area contributed by atoms with Gasteiger partial charge in [-0.05, 0) is 118 Å². The fraction of sp³-hybridized carbons (Fsp3) is 0.562. The highest BCUT2D eigenvalue weighted by molar-refractivity contribution is 5.33. The van der Waals surface area contributed by atoms with Crippen LogP contribution >= 0.6 is 0 Å². The molecule has 0 aliphatic heterocycles. The Morgan fingerprint density at radius 1 is 0.829 bits per heavy atom. The Bertz CT molecular complexity index is 948. The Balaban J connectivity index is 1.16. The van der Waals surface area contributed by atoms with Crippen LogP contribution in [0.15, 0.2) is 48.6 Å². The van der Waals surface area contributed by atoms with Crippen LogP contribution in [0.1, 0.15) is 106 Å². The van der Waals surface area contributed by atoms with Crippen molar-refractivity contribution in [3.05, 3.63) is 76.9 Å². The minimum Gasteiger partial charge on any atom is -0.490 e. The number of hydrogen-bond acceptors (Lipinski definition) is 1. The van der Waals surface area contributed by atoms with Gasteiger partial charge in [-0.3, -0.25) is 0 Å². The average Bonchev–Trinajstić information content (AvgIpc) is 2.89. The molecule has 0 saturated heterocycles. The van der Waals surface area contributed by atoms with Gasteiger partial charge >= 0.3 is 0 Å². The maximum absolute atomic E-state index is 14.7. The fourth-order valence-electron chi connectivity index (χ4n) is 6.05. The number of hydrogen-bond donors (Lipinski definition) is 0. The number of aryl methyl sites for hydroxylation is 1. The van der Waals surface area contributed by atoms with E-state index in [9.17, 15) is 8.78 Å². The molecule has 0 heterocycles. The van der Waals surface area contributed by atoms with Crippen molar-refractivity contribution in [3.8, 4) is 5.75 Å². The standard InChI is InChI=1S/C32H42F2O/c1-3-22-35-30-21-20-29(31(33)32(30)34)28-18-12-25(13-19-28)7-5-4-6-24-10-16-27(17-11-24)26-14-8-23(2)9-15-26/h4,6,8-9,14-15,20-21,24-25,27-28H,3,5,7,10-13,16-19,22H2,1-2H3/b6-4+. The van der Waals surface area contributed by atoms with Gasteiger partial charge in [0.2, 0.25) is 5.82 Å². The molecule has 2 saturated carbocycles. The lowest BCUT2D eigenvalue weighted by Gasteiger charge is -2.29. The van der Waals surface area contributed by atoms with Gasteiger partial charge < -0.3 is 4.74 Å². The maximum atomic E-state index is 14.7. The van der Waals surface area contributed by atoms with Gasteiger partial charge in [0.05, 0.1) is 6.61 Å². The molecule has 0 N–H and O–H groups in total. The van der Waals surface area contributed by atoms with Crippen LogP contribution in [0.2, 0.25) is 0 Å². The number of rotatable bonds is 9. The summed E-state index contributed by atoms with van der Waals surface area (Å²) in [5.74, 6) is 0.798. The normalized spacial score (nSPS) is 25.1. The number of ether oxygens (including phenoxy) is 1. The van der Waals surface area contributed by atoms with Crippen LogP contribution in [0, 0.1) is 30.4 Å². The van der Waals surface area contributed by atoms with Crippen molar-refractivity contribution >= 4 is 0 Å². The highest BCUT2D eigenvalue weighted by atomic mass is 19.2. The lowest BCUT2D eigenvalue weighted by Crippen LogP contribution is -2.15. The van der Waals surface area contributed by atoms with Crippen LogP contribution in [0.25, 0.3) is 0 Å². The molecule has 0 amide bonds. The van der Waals surface area contributed by atoms with Crippen molar-refractivity contribution in [1.82, 2.24) is 0 Å². The average molecular weight is 481 g/mol. The van der Waals surface area contributed by atoms with Crippen molar-refractivity contribution in [2.75, 3.05) is 6.61 Å². The first-order chi connectivity index (χ1) is 17.0. The van der Waals surface area contributed by atoms with E-state index in [-0.39, 0.29) is 11.7 Å². The minimum absolute atomic E-state index is 0.0391. The van der Waals surface area contributed by atoms with Crippen LogP contribution in [-0.4, -0.2) is 6.61 Å². The van der Waals surface area contributed by atoms with E-state index >= 15 is 0 Å². The molecule has 0 atom stereocenters. The van der Waals surface area contributed by atoms with Crippen LogP contribution < -0.4 is 4.74 Å². The lowest BCUT2D eigenvalue weighted by molar-refractivity contribution is 0.288. The Morgan fingerprint density at radius 3 is 2.20 bits per heavy atom. The SMILES string of the molecule is CCCOc1ccc(C2CCC(CC/C=C/C3CCC(c4ccc(C)cc4)CC3)CC2)c(F)c1F. The second-order valence-electron chi connectivity index (χ2n) is 10.9. The summed E-state index contributed by atoms with van der Waals surface area (Å²) in [6.45, 7) is 4.51. The predicted octanol–water partition coefficient (Wildman–Crippen LogP) is 9.65. The van der Waals surface area contributed by atoms with Crippen LogP contribution in [-0.2, 0) is 0 Å². The van der Waals surface area contributed by atoms with Gasteiger partial charge in [0.25, 0.3) is 0 Å². The summed E-state index contributed by atoms with van der Waals surface area (Å²) in [7, 11) is 0. The van der Waals surface area contributed by atoms with Gasteiger partial charge in [-0.25, -0.2) is 4.39 Å². The molecule has 0 bridgehead atoms. The molecule has 190 valence electrons. The third-order valence-electron chi connectivity index (χ3n) is 8.30. The van der Waals surface area contributed by atoms with Gasteiger partial charge in [-0.15, -0.1) is 0 Å². The Labute approximate surface area is 211 Å². The second-order valence-corrected chi connectivity index (χ2v) is 10.9. The molecule has 4 rings (SSSR count). The van der Waals surface area contributed by atoms with Crippen molar-refractivity contribution in [1.29, 1.82) is 0 Å². The van der Waals surface area contributed by atoms with Gasteiger partial charge in [-0.2, -0.15) is 4.39 Å². The molecule has 2 aliphatic rings. The molecular formula is C32H42F2O. The Kier molecular flexibility index (Phi) is 9.40. The van der Waals surface area contributed by atoms with E-state index in [1.165, 1.54) is 43.2 Å². The first kappa shape index (κ1) is 25.9. The molecule has 2 aromatic carbocycles. The summed E-state index contributed by atoms with van der Waals surface area (Å²) in [6, 6.07) is 12.4. The summed E-state index contributed by atoms with van der Waals surface area (Å²) < 4.78 is 34.4. The molecule has 1 nitrogen and oxygen atoms in total. The van der Waals surface area contributed by atoms with Gasteiger partial charge in [0.1, 0.15) is 0 Å². The van der Waals surface area contributed by atoms with E-state index in [2.05, 4.69) is 43.3 Å². The first-order valence-electron chi connectivity index (χ1n) is 13.9. The van der Waals surface area contributed by atoms with Crippen molar-refractivity contribution < 1.29 is 13.5 Å². The van der Waals surface area contributed by atoms with E-state index in [0.717, 1.165) is 50.4 Å². The molecule has 0 spiro atoms. The van der Waals surface area contributed by atoms with Crippen LogP contribution in [0.4, 0.5) is 8.78 Å². The zero-order valence-electron chi connectivity index (χ0n) is 21.6. The smallest absolute Gasteiger partial charge is 0.200 e. The van der Waals surface area contributed by atoms with E-state index < -0.39 is 11.6 Å². The molecule has 2 fully saturated rings.